The molecule has 1 atom stereocenters. The maximum Gasteiger partial charge on any atom is 0.215 e. The van der Waals surface area contributed by atoms with E-state index in [1.165, 1.54) is 38.9 Å². The molecule has 0 radical (unpaired) electrons. The van der Waals surface area contributed by atoms with Crippen molar-refractivity contribution in [3.8, 4) is 33.6 Å². The highest BCUT2D eigenvalue weighted by atomic mass is 127. The minimum Gasteiger partial charge on any atom is -0.456 e. The molecule has 5 heteroatoms. The van der Waals surface area contributed by atoms with Crippen LogP contribution < -0.4 is 4.90 Å². The number of furan rings is 1. The molecule has 2 heterocycles. The fourth-order valence-corrected chi connectivity index (χ4v) is 9.08. The van der Waals surface area contributed by atoms with E-state index in [2.05, 4.69) is 181 Å². The van der Waals surface area contributed by atoms with Crippen molar-refractivity contribution in [2.45, 2.75) is 54.8 Å². The zero-order valence-corrected chi connectivity index (χ0v) is 32.1. The van der Waals surface area contributed by atoms with Gasteiger partial charge in [0.25, 0.3) is 0 Å². The van der Waals surface area contributed by atoms with Crippen LogP contribution >= 0.6 is 22.6 Å². The van der Waals surface area contributed by atoms with E-state index in [0.717, 1.165) is 83.6 Å². The first kappa shape index (κ1) is 32.5. The number of alkyl halides is 1. The van der Waals surface area contributed by atoms with Gasteiger partial charge in [0.1, 0.15) is 20.7 Å². The highest BCUT2D eigenvalue weighted by molar-refractivity contribution is 14.1. The molecule has 0 aliphatic heterocycles. The number of aromatic nitrogens is 1. The monoisotopic (exact) mass is 802 g/mol. The van der Waals surface area contributed by atoms with E-state index in [1.54, 1.807) is 0 Å². The number of halogens is 1. The number of oxazole rings is 1. The summed E-state index contributed by atoms with van der Waals surface area (Å²) in [5, 5.41) is 0. The number of anilines is 2. The molecule has 0 unspecified atom stereocenters. The maximum atomic E-state index is 6.30. The van der Waals surface area contributed by atoms with Crippen LogP contribution in [0.5, 0.6) is 0 Å². The van der Waals surface area contributed by atoms with Gasteiger partial charge in [0.05, 0.1) is 5.69 Å². The third kappa shape index (κ3) is 5.51. The van der Waals surface area contributed by atoms with E-state index in [-0.39, 0.29) is 8.84 Å². The lowest BCUT2D eigenvalue weighted by atomic mass is 9.81. The number of benzene rings is 4. The van der Waals surface area contributed by atoms with Crippen molar-refractivity contribution in [3.05, 3.63) is 173 Å². The molecule has 4 aromatic carbocycles. The highest BCUT2D eigenvalue weighted by Gasteiger charge is 2.36. The highest BCUT2D eigenvalue weighted by Crippen LogP contribution is 2.50. The van der Waals surface area contributed by atoms with Gasteiger partial charge >= 0.3 is 0 Å². The second-order valence-corrected chi connectivity index (χ2v) is 17.0. The minimum atomic E-state index is -0.348. The maximum absolute atomic E-state index is 6.30. The molecular formula is C48H39IN2O2. The molecule has 0 amide bonds. The molecule has 0 saturated carbocycles. The summed E-state index contributed by atoms with van der Waals surface area (Å²) in [6, 6.07) is 35.8. The van der Waals surface area contributed by atoms with E-state index >= 15 is 0 Å². The summed E-state index contributed by atoms with van der Waals surface area (Å²) in [6.45, 7) is 4.68. The van der Waals surface area contributed by atoms with Gasteiger partial charge in [-0.05, 0) is 138 Å². The van der Waals surface area contributed by atoms with Crippen LogP contribution in [0.4, 0.5) is 11.4 Å². The molecule has 2 aromatic heterocycles. The lowest BCUT2D eigenvalue weighted by Crippen LogP contribution is -2.22. The van der Waals surface area contributed by atoms with Crippen LogP contribution in [-0.4, -0.2) is 4.98 Å². The fraction of sp³-hybridized carbons (Fsp3) is 0.188. The van der Waals surface area contributed by atoms with Gasteiger partial charge in [0.2, 0.25) is 5.89 Å². The Kier molecular flexibility index (Phi) is 7.66. The predicted molar refractivity (Wildman–Crippen MR) is 224 cm³/mol. The van der Waals surface area contributed by atoms with Crippen LogP contribution in [0.25, 0.3) is 45.7 Å². The van der Waals surface area contributed by atoms with Crippen LogP contribution in [0, 0.1) is 0 Å². The molecule has 4 aliphatic rings. The molecule has 6 aromatic rings. The van der Waals surface area contributed by atoms with Gasteiger partial charge in [-0.3, -0.25) is 0 Å². The molecule has 4 nitrogen and oxygen atoms in total. The SMILES string of the molecule is CC1(C)c2ccccc2-c2ccc(-c3ccc(N(C4=CC[C@@](I)(c5nc6c(o5)C=CCC6)C=C4)c4ccc(-c5cc6c(o5)C=CCC6)cc4)cc3)cc21. The fourth-order valence-electron chi connectivity index (χ4n) is 8.45. The Morgan fingerprint density at radius 2 is 1.38 bits per heavy atom. The second-order valence-electron chi connectivity index (χ2n) is 15.1. The van der Waals surface area contributed by atoms with Crippen molar-refractivity contribution < 1.29 is 8.83 Å². The van der Waals surface area contributed by atoms with E-state index < -0.39 is 0 Å². The zero-order valence-electron chi connectivity index (χ0n) is 29.9. The number of nitrogens with zero attached hydrogens (tertiary/aromatic N) is 2. The number of hydrogen-bond acceptors (Lipinski definition) is 4. The van der Waals surface area contributed by atoms with Crippen LogP contribution in [-0.2, 0) is 21.7 Å². The molecule has 0 spiro atoms. The summed E-state index contributed by atoms with van der Waals surface area (Å²) >= 11 is 2.51. The van der Waals surface area contributed by atoms with Crippen molar-refractivity contribution in [3.63, 3.8) is 0 Å². The third-order valence-electron chi connectivity index (χ3n) is 11.4. The number of rotatable bonds is 6. The first-order chi connectivity index (χ1) is 25.8. The normalized spacial score (nSPS) is 19.0. The lowest BCUT2D eigenvalue weighted by Gasteiger charge is -2.31. The summed E-state index contributed by atoms with van der Waals surface area (Å²) in [5.74, 6) is 3.58. The van der Waals surface area contributed by atoms with Crippen LogP contribution in [0.1, 0.15) is 72.9 Å². The Bertz CT molecular complexity index is 2530. The van der Waals surface area contributed by atoms with Gasteiger partial charge in [0, 0.05) is 28.1 Å². The molecule has 0 saturated heterocycles. The topological polar surface area (TPSA) is 42.4 Å². The average Bonchev–Trinajstić information content (AvgIpc) is 3.90. The standard InChI is InChI=1S/C48H39IN2O2/c1-47(2)40-11-5-4-10-38(40)39-24-19-33(29-41(39)47)31-15-20-35(21-16-31)51(36-22-17-32(18-23-36)45-30-34-9-3-7-13-43(34)52-45)37-25-27-48(49,28-26-37)46-50-42-12-6-8-14-44(42)53-46/h4-5,7-8,10-11,13-27,29-30H,3,6,9,12,28H2,1-2H3/t48-/m1/s1. The summed E-state index contributed by atoms with van der Waals surface area (Å²) < 4.78 is 12.2. The van der Waals surface area contributed by atoms with Crippen molar-refractivity contribution in [1.82, 2.24) is 4.98 Å². The summed E-state index contributed by atoms with van der Waals surface area (Å²) in [6.07, 6.45) is 20.1. The molecule has 0 bridgehead atoms. The van der Waals surface area contributed by atoms with Crippen LogP contribution in [0.15, 0.2) is 142 Å². The zero-order chi connectivity index (χ0) is 35.7. The van der Waals surface area contributed by atoms with Crippen molar-refractivity contribution in [1.29, 1.82) is 0 Å². The molecule has 0 N–H and O–H groups in total. The minimum absolute atomic E-state index is 0.0363. The predicted octanol–water partition coefficient (Wildman–Crippen LogP) is 13.1. The molecule has 260 valence electrons. The van der Waals surface area contributed by atoms with Gasteiger partial charge in [-0.1, -0.05) is 109 Å². The Balaban J connectivity index is 0.990. The van der Waals surface area contributed by atoms with Crippen LogP contribution in [0.2, 0.25) is 0 Å². The molecule has 0 fully saturated rings. The van der Waals surface area contributed by atoms with E-state index in [1.807, 2.05) is 0 Å². The molecule has 53 heavy (non-hydrogen) atoms. The number of fused-ring (bicyclic) bond motifs is 5. The van der Waals surface area contributed by atoms with E-state index in [9.17, 15) is 0 Å². The number of hydrogen-bond donors (Lipinski definition) is 0. The molecule has 10 rings (SSSR count). The van der Waals surface area contributed by atoms with Gasteiger partial charge in [-0.15, -0.1) is 0 Å². The second kappa shape index (κ2) is 12.5. The number of aryl methyl sites for hydroxylation is 2. The van der Waals surface area contributed by atoms with E-state index in [0.29, 0.717) is 0 Å². The average molecular weight is 803 g/mol. The quantitative estimate of drug-likeness (QED) is 0.124. The Morgan fingerprint density at radius 1 is 0.679 bits per heavy atom. The largest absolute Gasteiger partial charge is 0.456 e. The Hall–Kier alpha value is -5.14. The lowest BCUT2D eigenvalue weighted by molar-refractivity contribution is 0.458. The van der Waals surface area contributed by atoms with Gasteiger partial charge in [0.15, 0.2) is 0 Å². The van der Waals surface area contributed by atoms with Crippen LogP contribution in [0.3, 0.4) is 0 Å². The van der Waals surface area contributed by atoms with Gasteiger partial charge < -0.3 is 13.7 Å². The smallest absolute Gasteiger partial charge is 0.215 e. The van der Waals surface area contributed by atoms with Crippen molar-refractivity contribution in [2.24, 2.45) is 0 Å². The first-order valence-corrected chi connectivity index (χ1v) is 19.7. The summed E-state index contributed by atoms with van der Waals surface area (Å²) in [7, 11) is 0. The summed E-state index contributed by atoms with van der Waals surface area (Å²) in [5.41, 5.74) is 14.6. The Morgan fingerprint density at radius 3 is 2.11 bits per heavy atom. The molecule has 4 aliphatic carbocycles. The van der Waals surface area contributed by atoms with Gasteiger partial charge in [-0.2, -0.15) is 0 Å². The van der Waals surface area contributed by atoms with E-state index in [4.69, 9.17) is 13.8 Å². The number of allylic oxidation sites excluding steroid dienone is 5. The van der Waals surface area contributed by atoms with Crippen molar-refractivity contribution in [2.75, 3.05) is 4.90 Å². The first-order valence-electron chi connectivity index (χ1n) is 18.6. The Labute approximate surface area is 324 Å². The molecular weight excluding hydrogens is 763 g/mol. The summed E-state index contributed by atoms with van der Waals surface area (Å²) in [4.78, 5) is 7.29. The third-order valence-corrected chi connectivity index (χ3v) is 12.7. The van der Waals surface area contributed by atoms with Gasteiger partial charge in [-0.25, -0.2) is 4.98 Å². The van der Waals surface area contributed by atoms with Crippen molar-refractivity contribution >= 4 is 46.1 Å².